The number of hydrogen-bond donors (Lipinski definition) is 2. The Morgan fingerprint density at radius 2 is 2.15 bits per heavy atom. The van der Waals surface area contributed by atoms with Crippen LogP contribution >= 0.6 is 11.8 Å². The fourth-order valence-corrected chi connectivity index (χ4v) is 2.50. The first-order chi connectivity index (χ1) is 9.35. The van der Waals surface area contributed by atoms with Crippen LogP contribution in [0.25, 0.3) is 0 Å². The van der Waals surface area contributed by atoms with E-state index in [9.17, 15) is 9.90 Å². The first-order valence-corrected chi connectivity index (χ1v) is 7.85. The molecular weight excluding hydrogens is 272 g/mol. The number of carbonyl (C=O) groups excluding carboxylic acids is 1. The summed E-state index contributed by atoms with van der Waals surface area (Å²) in [5.41, 5.74) is 0.582. The van der Waals surface area contributed by atoms with Crippen molar-refractivity contribution in [2.24, 2.45) is 5.41 Å². The molecule has 1 atom stereocenters. The van der Waals surface area contributed by atoms with Crippen molar-refractivity contribution in [3.05, 3.63) is 23.9 Å². The van der Waals surface area contributed by atoms with Crippen LogP contribution in [-0.2, 0) is 0 Å². The van der Waals surface area contributed by atoms with Crippen molar-refractivity contribution >= 4 is 17.7 Å². The first kappa shape index (κ1) is 17.0. The minimum absolute atomic E-state index is 0.0553. The maximum atomic E-state index is 12.1. The third kappa shape index (κ3) is 5.92. The normalized spacial score (nSPS) is 13.1. The molecule has 112 valence electrons. The summed E-state index contributed by atoms with van der Waals surface area (Å²) in [6.45, 7) is 8.26. The topological polar surface area (TPSA) is 62.2 Å². The number of carbonyl (C=O) groups is 1. The molecular formula is C15H24N2O2S. The van der Waals surface area contributed by atoms with E-state index in [-0.39, 0.29) is 24.0 Å². The molecule has 1 unspecified atom stereocenters. The minimum Gasteiger partial charge on any atom is -0.394 e. The van der Waals surface area contributed by atoms with Crippen LogP contribution in [0.15, 0.2) is 23.4 Å². The Balaban J connectivity index is 2.64. The van der Waals surface area contributed by atoms with Gasteiger partial charge in [-0.15, -0.1) is 11.8 Å². The molecule has 1 heterocycles. The van der Waals surface area contributed by atoms with E-state index in [4.69, 9.17) is 0 Å². The second-order valence-corrected chi connectivity index (χ2v) is 7.22. The van der Waals surface area contributed by atoms with Gasteiger partial charge >= 0.3 is 0 Å². The quantitative estimate of drug-likeness (QED) is 0.792. The van der Waals surface area contributed by atoms with E-state index in [1.54, 1.807) is 24.0 Å². The number of aliphatic hydroxyl groups is 1. The Morgan fingerprint density at radius 1 is 1.45 bits per heavy atom. The van der Waals surface area contributed by atoms with Gasteiger partial charge < -0.3 is 10.4 Å². The Hall–Kier alpha value is -1.07. The maximum Gasteiger partial charge on any atom is 0.253 e. The van der Waals surface area contributed by atoms with Gasteiger partial charge in [0.15, 0.2) is 0 Å². The molecule has 2 N–H and O–H groups in total. The molecule has 1 aromatic rings. The molecule has 0 bridgehead atoms. The number of aliphatic hydroxyl groups excluding tert-OH is 1. The fourth-order valence-electron chi connectivity index (χ4n) is 1.92. The molecule has 0 aliphatic carbocycles. The monoisotopic (exact) mass is 296 g/mol. The lowest BCUT2D eigenvalue weighted by Gasteiger charge is -2.25. The van der Waals surface area contributed by atoms with Crippen molar-refractivity contribution in [1.82, 2.24) is 10.3 Å². The lowest BCUT2D eigenvalue weighted by molar-refractivity contribution is 0.0897. The average Bonchev–Trinajstić information content (AvgIpc) is 2.37. The smallest absolute Gasteiger partial charge is 0.253 e. The molecule has 4 nitrogen and oxygen atoms in total. The van der Waals surface area contributed by atoms with Gasteiger partial charge in [-0.2, -0.15) is 0 Å². The average molecular weight is 296 g/mol. The van der Waals surface area contributed by atoms with Crippen LogP contribution in [0.3, 0.4) is 0 Å². The molecule has 0 aliphatic rings. The Bertz CT molecular complexity index is 426. The van der Waals surface area contributed by atoms with Crippen molar-refractivity contribution in [3.63, 3.8) is 0 Å². The van der Waals surface area contributed by atoms with Gasteiger partial charge in [-0.1, -0.05) is 27.7 Å². The number of aromatic nitrogens is 1. The third-order valence-corrected chi connectivity index (χ3v) is 3.53. The summed E-state index contributed by atoms with van der Waals surface area (Å²) in [6, 6.07) is 3.39. The molecule has 0 fully saturated rings. The highest BCUT2D eigenvalue weighted by atomic mass is 32.2. The van der Waals surface area contributed by atoms with Crippen molar-refractivity contribution in [2.75, 3.05) is 12.4 Å². The second-order valence-electron chi connectivity index (χ2n) is 5.94. The number of nitrogens with zero attached hydrogens (tertiary/aromatic N) is 1. The number of nitrogens with one attached hydrogen (secondary N) is 1. The van der Waals surface area contributed by atoms with E-state index in [2.05, 4.69) is 38.0 Å². The number of rotatable bonds is 6. The standard InChI is InChI=1S/C15H24N2O2S/c1-5-20-13-7-6-11(9-16-13)14(19)17-12(10-18)8-15(2,3)4/h6-7,9,12,18H,5,8,10H2,1-4H3,(H,17,19). The minimum atomic E-state index is -0.229. The fraction of sp³-hybridized carbons (Fsp3) is 0.600. The second kappa shape index (κ2) is 7.64. The zero-order chi connectivity index (χ0) is 15.2. The Morgan fingerprint density at radius 3 is 2.60 bits per heavy atom. The van der Waals surface area contributed by atoms with Crippen LogP contribution in [0.5, 0.6) is 0 Å². The molecule has 1 amide bonds. The van der Waals surface area contributed by atoms with Crippen LogP contribution in [-0.4, -0.2) is 34.4 Å². The maximum absolute atomic E-state index is 12.1. The lowest BCUT2D eigenvalue weighted by Crippen LogP contribution is -2.40. The summed E-state index contributed by atoms with van der Waals surface area (Å²) in [4.78, 5) is 16.3. The van der Waals surface area contributed by atoms with E-state index in [1.165, 1.54) is 0 Å². The van der Waals surface area contributed by atoms with E-state index in [1.807, 2.05) is 6.07 Å². The Labute approximate surface area is 125 Å². The van der Waals surface area contributed by atoms with E-state index >= 15 is 0 Å². The van der Waals surface area contributed by atoms with Gasteiger partial charge in [0.2, 0.25) is 0 Å². The molecule has 0 saturated carbocycles. The summed E-state index contributed by atoms with van der Waals surface area (Å²) in [7, 11) is 0. The third-order valence-electron chi connectivity index (χ3n) is 2.71. The SMILES string of the molecule is CCSc1ccc(C(=O)NC(CO)CC(C)(C)C)cn1. The van der Waals surface area contributed by atoms with Gasteiger partial charge in [-0.05, 0) is 29.7 Å². The summed E-state index contributed by atoms with van der Waals surface area (Å²) in [5, 5.41) is 13.1. The Kier molecular flexibility index (Phi) is 6.49. The van der Waals surface area contributed by atoms with Gasteiger partial charge in [0, 0.05) is 6.20 Å². The first-order valence-electron chi connectivity index (χ1n) is 6.86. The summed E-state index contributed by atoms with van der Waals surface area (Å²) >= 11 is 1.64. The van der Waals surface area contributed by atoms with E-state index < -0.39 is 0 Å². The molecule has 0 aromatic carbocycles. The van der Waals surface area contributed by atoms with Gasteiger partial charge in [-0.3, -0.25) is 4.79 Å². The molecule has 20 heavy (non-hydrogen) atoms. The molecule has 5 heteroatoms. The summed E-state index contributed by atoms with van der Waals surface area (Å²) < 4.78 is 0. The zero-order valence-electron chi connectivity index (χ0n) is 12.6. The number of pyridine rings is 1. The lowest BCUT2D eigenvalue weighted by atomic mass is 9.88. The highest BCUT2D eigenvalue weighted by molar-refractivity contribution is 7.99. The molecule has 0 spiro atoms. The molecule has 1 aromatic heterocycles. The zero-order valence-corrected chi connectivity index (χ0v) is 13.5. The van der Waals surface area contributed by atoms with Crippen molar-refractivity contribution < 1.29 is 9.90 Å². The van der Waals surface area contributed by atoms with E-state index in [0.29, 0.717) is 5.56 Å². The van der Waals surface area contributed by atoms with Crippen molar-refractivity contribution in [2.45, 2.75) is 45.2 Å². The van der Waals surface area contributed by atoms with Crippen LogP contribution in [0.4, 0.5) is 0 Å². The molecule has 0 aliphatic heterocycles. The van der Waals surface area contributed by atoms with Crippen LogP contribution < -0.4 is 5.32 Å². The summed E-state index contributed by atoms with van der Waals surface area (Å²) in [5.74, 6) is 0.769. The number of thioether (sulfide) groups is 1. The predicted octanol–water partition coefficient (Wildman–Crippen LogP) is 2.72. The molecule has 1 rings (SSSR count). The molecule has 0 radical (unpaired) electrons. The highest BCUT2D eigenvalue weighted by Crippen LogP contribution is 2.21. The summed E-state index contributed by atoms with van der Waals surface area (Å²) in [6.07, 6.45) is 2.31. The predicted molar refractivity (Wildman–Crippen MR) is 83.0 cm³/mol. The number of hydrogen-bond acceptors (Lipinski definition) is 4. The van der Waals surface area contributed by atoms with E-state index in [0.717, 1.165) is 17.2 Å². The van der Waals surface area contributed by atoms with Gasteiger partial charge in [0.1, 0.15) is 0 Å². The molecule has 0 saturated heterocycles. The van der Waals surface area contributed by atoms with Crippen LogP contribution in [0.2, 0.25) is 0 Å². The van der Waals surface area contributed by atoms with Gasteiger partial charge in [0.05, 0.1) is 23.2 Å². The van der Waals surface area contributed by atoms with Gasteiger partial charge in [0.25, 0.3) is 5.91 Å². The van der Waals surface area contributed by atoms with Crippen molar-refractivity contribution in [3.8, 4) is 0 Å². The van der Waals surface area contributed by atoms with Gasteiger partial charge in [-0.25, -0.2) is 4.98 Å². The van der Waals surface area contributed by atoms with Crippen LogP contribution in [0.1, 0.15) is 44.5 Å². The highest BCUT2D eigenvalue weighted by Gasteiger charge is 2.20. The number of amides is 1. The van der Waals surface area contributed by atoms with Crippen molar-refractivity contribution in [1.29, 1.82) is 0 Å². The van der Waals surface area contributed by atoms with Crippen LogP contribution in [0, 0.1) is 5.41 Å². The largest absolute Gasteiger partial charge is 0.394 e.